The minimum atomic E-state index is -0.624. The first-order valence-electron chi connectivity index (χ1n) is 8.14. The molecule has 0 aliphatic carbocycles. The van der Waals surface area contributed by atoms with Gasteiger partial charge in [0, 0.05) is 24.7 Å². The number of imide groups is 1. The molecule has 0 spiro atoms. The van der Waals surface area contributed by atoms with Gasteiger partial charge in [-0.05, 0) is 37.1 Å². The standard InChI is InChI=1S/C18H16N4O4/c1-8-5-10-6-11(3-4-13(10)21(8)9(2)23)22-14(24)7-12-15(16(22)19)18(26)20-17(12)25/h3-4,6-8H,5,19H2,1-2H3,(H,20,25,26). The number of nitrogens with two attached hydrogens (primary N) is 1. The van der Waals surface area contributed by atoms with Gasteiger partial charge in [0.25, 0.3) is 17.4 Å². The van der Waals surface area contributed by atoms with E-state index in [1.54, 1.807) is 23.1 Å². The molecule has 0 radical (unpaired) electrons. The predicted molar refractivity (Wildman–Crippen MR) is 94.6 cm³/mol. The Hall–Kier alpha value is -3.42. The van der Waals surface area contributed by atoms with E-state index in [2.05, 4.69) is 5.32 Å². The first-order valence-corrected chi connectivity index (χ1v) is 8.14. The van der Waals surface area contributed by atoms with E-state index in [9.17, 15) is 19.2 Å². The molecule has 2 aliphatic rings. The van der Waals surface area contributed by atoms with E-state index in [0.717, 1.165) is 17.3 Å². The van der Waals surface area contributed by atoms with Gasteiger partial charge < -0.3 is 10.6 Å². The normalized spacial score (nSPS) is 17.9. The predicted octanol–water partition coefficient (Wildman–Crippen LogP) is 0.601. The van der Waals surface area contributed by atoms with Crippen LogP contribution in [0.1, 0.15) is 40.1 Å². The third-order valence-corrected chi connectivity index (χ3v) is 4.83. The zero-order chi connectivity index (χ0) is 18.7. The number of hydrogen-bond acceptors (Lipinski definition) is 5. The number of pyridine rings is 1. The number of carbonyl (C=O) groups is 3. The SMILES string of the molecule is CC(=O)N1c2ccc(-n3c(N)c4c(cc3=O)C(=O)NC4=O)cc2CC1C. The molecule has 3 heterocycles. The Morgan fingerprint density at radius 3 is 2.62 bits per heavy atom. The van der Waals surface area contributed by atoms with Gasteiger partial charge in [-0.25, -0.2) is 0 Å². The molecule has 1 aromatic carbocycles. The van der Waals surface area contributed by atoms with Crippen LogP contribution in [0.25, 0.3) is 5.69 Å². The molecule has 26 heavy (non-hydrogen) atoms. The minimum Gasteiger partial charge on any atom is -0.384 e. The van der Waals surface area contributed by atoms with Gasteiger partial charge in [0.15, 0.2) is 0 Å². The summed E-state index contributed by atoms with van der Waals surface area (Å²) >= 11 is 0. The van der Waals surface area contributed by atoms with Crippen LogP contribution in [0, 0.1) is 0 Å². The summed E-state index contributed by atoms with van der Waals surface area (Å²) < 4.78 is 1.21. The highest BCUT2D eigenvalue weighted by Crippen LogP contribution is 2.34. The Balaban J connectivity index is 1.89. The van der Waals surface area contributed by atoms with Crippen molar-refractivity contribution < 1.29 is 14.4 Å². The van der Waals surface area contributed by atoms with Crippen LogP contribution in [-0.4, -0.2) is 28.3 Å². The number of hydrogen-bond donors (Lipinski definition) is 2. The van der Waals surface area contributed by atoms with Gasteiger partial charge in [-0.15, -0.1) is 0 Å². The number of amides is 3. The molecule has 0 fully saturated rings. The number of rotatable bonds is 1. The summed E-state index contributed by atoms with van der Waals surface area (Å²) in [5.74, 6) is -1.37. The fourth-order valence-corrected chi connectivity index (χ4v) is 3.78. The average molecular weight is 352 g/mol. The summed E-state index contributed by atoms with van der Waals surface area (Å²) in [6.45, 7) is 3.46. The minimum absolute atomic E-state index is 0.00807. The van der Waals surface area contributed by atoms with E-state index in [4.69, 9.17) is 5.73 Å². The summed E-state index contributed by atoms with van der Waals surface area (Å²) in [6, 6.07) is 6.36. The molecule has 3 N–H and O–H groups in total. The highest BCUT2D eigenvalue weighted by atomic mass is 16.2. The van der Waals surface area contributed by atoms with E-state index in [-0.39, 0.29) is 28.9 Å². The molecular formula is C18H16N4O4. The quantitative estimate of drug-likeness (QED) is 0.730. The van der Waals surface area contributed by atoms with Crippen LogP contribution in [0.15, 0.2) is 29.1 Å². The van der Waals surface area contributed by atoms with Crippen LogP contribution >= 0.6 is 0 Å². The number of aromatic nitrogens is 1. The van der Waals surface area contributed by atoms with E-state index < -0.39 is 17.4 Å². The van der Waals surface area contributed by atoms with Gasteiger partial charge in [0.1, 0.15) is 5.82 Å². The highest BCUT2D eigenvalue weighted by molar-refractivity contribution is 6.23. The number of nitrogens with zero attached hydrogens (tertiary/aromatic N) is 2. The largest absolute Gasteiger partial charge is 0.384 e. The molecule has 132 valence electrons. The number of benzene rings is 1. The number of anilines is 2. The van der Waals surface area contributed by atoms with E-state index in [1.165, 1.54) is 11.5 Å². The third kappa shape index (κ3) is 2.08. The Bertz CT molecular complexity index is 1070. The lowest BCUT2D eigenvalue weighted by Gasteiger charge is -2.20. The van der Waals surface area contributed by atoms with Crippen LogP contribution in [0.3, 0.4) is 0 Å². The van der Waals surface area contributed by atoms with Crippen LogP contribution in [0.4, 0.5) is 11.5 Å². The number of fused-ring (bicyclic) bond motifs is 2. The van der Waals surface area contributed by atoms with Gasteiger partial charge >= 0.3 is 0 Å². The van der Waals surface area contributed by atoms with Gasteiger partial charge in [-0.3, -0.25) is 29.1 Å². The van der Waals surface area contributed by atoms with Crippen molar-refractivity contribution in [1.29, 1.82) is 0 Å². The van der Waals surface area contributed by atoms with Gasteiger partial charge in [-0.2, -0.15) is 0 Å². The van der Waals surface area contributed by atoms with Gasteiger partial charge in [0.05, 0.1) is 16.8 Å². The van der Waals surface area contributed by atoms with Crippen LogP contribution in [-0.2, 0) is 11.2 Å². The summed E-state index contributed by atoms with van der Waals surface area (Å²) in [5, 5.41) is 2.14. The first-order chi connectivity index (χ1) is 12.3. The van der Waals surface area contributed by atoms with Crippen molar-refractivity contribution in [2.75, 3.05) is 10.6 Å². The van der Waals surface area contributed by atoms with Gasteiger partial charge in [-0.1, -0.05) is 0 Å². The molecule has 3 amide bonds. The molecule has 0 saturated carbocycles. The number of nitrogen functional groups attached to an aromatic ring is 1. The third-order valence-electron chi connectivity index (χ3n) is 4.83. The second-order valence-electron chi connectivity index (χ2n) is 6.53. The van der Waals surface area contributed by atoms with Crippen molar-refractivity contribution in [2.45, 2.75) is 26.3 Å². The molecular weight excluding hydrogens is 336 g/mol. The number of carbonyl (C=O) groups excluding carboxylic acids is 3. The highest BCUT2D eigenvalue weighted by Gasteiger charge is 2.33. The second kappa shape index (κ2) is 5.29. The molecule has 1 unspecified atom stereocenters. The molecule has 8 heteroatoms. The lowest BCUT2D eigenvalue weighted by Crippen LogP contribution is -2.33. The lowest BCUT2D eigenvalue weighted by atomic mass is 10.1. The molecule has 4 rings (SSSR count). The van der Waals surface area contributed by atoms with Crippen molar-refractivity contribution >= 4 is 29.2 Å². The molecule has 0 bridgehead atoms. The summed E-state index contributed by atoms with van der Waals surface area (Å²) in [6.07, 6.45) is 0.654. The Morgan fingerprint density at radius 1 is 1.19 bits per heavy atom. The van der Waals surface area contributed by atoms with Crippen molar-refractivity contribution in [3.8, 4) is 5.69 Å². The van der Waals surface area contributed by atoms with Crippen molar-refractivity contribution in [2.24, 2.45) is 0 Å². The topological polar surface area (TPSA) is 114 Å². The van der Waals surface area contributed by atoms with Crippen molar-refractivity contribution in [3.63, 3.8) is 0 Å². The molecule has 2 aliphatic heterocycles. The maximum absolute atomic E-state index is 12.5. The zero-order valence-corrected chi connectivity index (χ0v) is 14.2. The average Bonchev–Trinajstić information content (AvgIpc) is 3.02. The summed E-state index contributed by atoms with van der Waals surface area (Å²) in [4.78, 5) is 49.8. The maximum Gasteiger partial charge on any atom is 0.262 e. The Kier molecular flexibility index (Phi) is 3.27. The molecule has 2 aromatic rings. The van der Waals surface area contributed by atoms with E-state index in [1.807, 2.05) is 6.92 Å². The van der Waals surface area contributed by atoms with Crippen molar-refractivity contribution in [3.05, 3.63) is 51.3 Å². The first kappa shape index (κ1) is 16.1. The monoisotopic (exact) mass is 352 g/mol. The Labute approximate surface area is 148 Å². The smallest absolute Gasteiger partial charge is 0.262 e. The zero-order valence-electron chi connectivity index (χ0n) is 14.2. The fraction of sp³-hybridized carbons (Fsp3) is 0.222. The van der Waals surface area contributed by atoms with Crippen LogP contribution in [0.5, 0.6) is 0 Å². The van der Waals surface area contributed by atoms with Crippen LogP contribution in [0.2, 0.25) is 0 Å². The van der Waals surface area contributed by atoms with Crippen LogP contribution < -0.4 is 21.5 Å². The fourth-order valence-electron chi connectivity index (χ4n) is 3.78. The Morgan fingerprint density at radius 2 is 1.92 bits per heavy atom. The number of nitrogens with one attached hydrogen (secondary N) is 1. The van der Waals surface area contributed by atoms with Crippen molar-refractivity contribution in [1.82, 2.24) is 9.88 Å². The summed E-state index contributed by atoms with van der Waals surface area (Å²) in [7, 11) is 0. The van der Waals surface area contributed by atoms with E-state index in [0.29, 0.717) is 12.1 Å². The summed E-state index contributed by atoms with van der Waals surface area (Å²) in [5.41, 5.74) is 7.75. The molecule has 0 saturated heterocycles. The maximum atomic E-state index is 12.5. The molecule has 1 aromatic heterocycles. The van der Waals surface area contributed by atoms with E-state index >= 15 is 0 Å². The molecule has 8 nitrogen and oxygen atoms in total. The molecule has 1 atom stereocenters. The van der Waals surface area contributed by atoms with Gasteiger partial charge in [0.2, 0.25) is 5.91 Å². The lowest BCUT2D eigenvalue weighted by molar-refractivity contribution is -0.116. The second-order valence-corrected chi connectivity index (χ2v) is 6.53.